The molecule has 0 aliphatic carbocycles. The van der Waals surface area contributed by atoms with Crippen molar-refractivity contribution in [3.05, 3.63) is 35.3 Å². The molecule has 0 unspecified atom stereocenters. The largest absolute Gasteiger partial charge is 0.478 e. The van der Waals surface area contributed by atoms with Crippen molar-refractivity contribution in [1.82, 2.24) is 9.59 Å². The molecule has 0 amide bonds. The molecule has 0 radical (unpaired) electrons. The van der Waals surface area contributed by atoms with E-state index >= 15 is 0 Å². The van der Waals surface area contributed by atoms with Gasteiger partial charge in [-0.1, -0.05) is 4.49 Å². The molecule has 0 aliphatic rings. The average Bonchev–Trinajstić information content (AvgIpc) is 2.83. The van der Waals surface area contributed by atoms with E-state index in [1.807, 2.05) is 0 Å². The monoisotopic (exact) mass is 317 g/mol. The molecule has 0 saturated carbocycles. The predicted molar refractivity (Wildman–Crippen MR) is 68.8 cm³/mol. The van der Waals surface area contributed by atoms with E-state index in [1.54, 1.807) is 0 Å². The Labute approximate surface area is 117 Å². The highest BCUT2D eigenvalue weighted by Crippen LogP contribution is 2.24. The fraction of sp³-hybridized carbons (Fsp3) is 0.100. The van der Waals surface area contributed by atoms with E-state index < -0.39 is 32.3 Å². The summed E-state index contributed by atoms with van der Waals surface area (Å²) in [6.45, 7) is 1.25. The Balaban J connectivity index is 2.53. The van der Waals surface area contributed by atoms with Crippen molar-refractivity contribution in [2.75, 3.05) is 4.72 Å². The molecule has 0 saturated heterocycles. The van der Waals surface area contributed by atoms with Crippen LogP contribution in [0.15, 0.2) is 23.2 Å². The quantitative estimate of drug-likeness (QED) is 0.884. The van der Waals surface area contributed by atoms with Gasteiger partial charge in [0.15, 0.2) is 0 Å². The van der Waals surface area contributed by atoms with Gasteiger partial charge >= 0.3 is 5.97 Å². The zero-order chi connectivity index (χ0) is 14.9. The summed E-state index contributed by atoms with van der Waals surface area (Å²) in [5.41, 5.74) is -0.615. The topological polar surface area (TPSA) is 109 Å². The lowest BCUT2D eigenvalue weighted by Gasteiger charge is -2.10. The predicted octanol–water partition coefficient (Wildman–Crippen LogP) is 1.48. The number of aromatic nitrogens is 2. The highest BCUT2D eigenvalue weighted by Gasteiger charge is 2.22. The molecule has 0 bridgehead atoms. The van der Waals surface area contributed by atoms with Gasteiger partial charge < -0.3 is 5.11 Å². The number of halogens is 1. The highest BCUT2D eigenvalue weighted by atomic mass is 32.2. The molecule has 0 aliphatic heterocycles. The second-order valence-electron chi connectivity index (χ2n) is 3.77. The first-order chi connectivity index (χ1) is 9.31. The van der Waals surface area contributed by atoms with Crippen LogP contribution in [-0.4, -0.2) is 29.1 Å². The summed E-state index contributed by atoms with van der Waals surface area (Å²) in [6, 6.07) is 1.67. The lowest BCUT2D eigenvalue weighted by Crippen LogP contribution is -2.15. The lowest BCUT2D eigenvalue weighted by atomic mass is 10.1. The van der Waals surface area contributed by atoms with Crippen molar-refractivity contribution >= 4 is 32.5 Å². The molecule has 0 fully saturated rings. The van der Waals surface area contributed by atoms with Crippen LogP contribution in [0.25, 0.3) is 0 Å². The van der Waals surface area contributed by atoms with Crippen molar-refractivity contribution < 1.29 is 22.7 Å². The number of carbonyl (C=O) groups is 1. The number of nitrogens with one attached hydrogen (secondary N) is 1. The number of hydrogen-bond acceptors (Lipinski definition) is 6. The van der Waals surface area contributed by atoms with Crippen molar-refractivity contribution in [2.45, 2.75) is 11.8 Å². The van der Waals surface area contributed by atoms with Crippen LogP contribution >= 0.6 is 11.5 Å². The van der Waals surface area contributed by atoms with Crippen LogP contribution in [0.4, 0.5) is 9.39 Å². The van der Waals surface area contributed by atoms with Crippen LogP contribution in [0.5, 0.6) is 0 Å². The van der Waals surface area contributed by atoms with Crippen LogP contribution in [0, 0.1) is 12.7 Å². The van der Waals surface area contributed by atoms with Crippen LogP contribution in [0.1, 0.15) is 15.9 Å². The molecule has 0 spiro atoms. The first-order valence-electron chi connectivity index (χ1n) is 5.15. The number of hydrogen-bond donors (Lipinski definition) is 2. The molecule has 7 nitrogen and oxygen atoms in total. The number of nitrogens with zero attached hydrogens (tertiary/aromatic N) is 2. The van der Waals surface area contributed by atoms with Gasteiger partial charge in [0.25, 0.3) is 10.0 Å². The number of benzene rings is 1. The normalized spacial score (nSPS) is 11.3. The van der Waals surface area contributed by atoms with Crippen molar-refractivity contribution in [3.63, 3.8) is 0 Å². The van der Waals surface area contributed by atoms with Gasteiger partial charge in [-0.15, -0.1) is 5.10 Å². The Morgan fingerprint density at radius 1 is 1.45 bits per heavy atom. The van der Waals surface area contributed by atoms with Gasteiger partial charge in [-0.05, 0) is 19.1 Å². The Hall–Kier alpha value is -2.07. The Morgan fingerprint density at radius 2 is 2.15 bits per heavy atom. The van der Waals surface area contributed by atoms with Gasteiger partial charge in [-0.3, -0.25) is 4.72 Å². The van der Waals surface area contributed by atoms with E-state index in [4.69, 9.17) is 5.11 Å². The standard InChI is InChI=1S/C10H8FN3O4S2/c1-5-7(11)2-6(10(15)16)3-8(5)20(17,18)13-9-4-12-14-19-9/h2-4,13H,1H3,(H,15,16). The zero-order valence-corrected chi connectivity index (χ0v) is 11.6. The molecular formula is C10H8FN3O4S2. The number of carboxylic acids is 1. The molecule has 1 aromatic carbocycles. The maximum Gasteiger partial charge on any atom is 0.335 e. The molecule has 1 heterocycles. The maximum atomic E-state index is 13.6. The Kier molecular flexibility index (Phi) is 3.68. The fourth-order valence-corrected chi connectivity index (χ4v) is 3.42. The third kappa shape index (κ3) is 2.75. The molecule has 2 rings (SSSR count). The van der Waals surface area contributed by atoms with Crippen molar-refractivity contribution in [2.24, 2.45) is 0 Å². The minimum atomic E-state index is -4.12. The Morgan fingerprint density at radius 3 is 2.70 bits per heavy atom. The smallest absolute Gasteiger partial charge is 0.335 e. The summed E-state index contributed by atoms with van der Waals surface area (Å²) in [6.07, 6.45) is 1.19. The number of anilines is 1. The number of sulfonamides is 1. The second kappa shape index (κ2) is 5.13. The highest BCUT2D eigenvalue weighted by molar-refractivity contribution is 7.93. The summed E-state index contributed by atoms with van der Waals surface area (Å²) in [7, 11) is -4.12. The summed E-state index contributed by atoms with van der Waals surface area (Å²) >= 11 is 0.804. The van der Waals surface area contributed by atoms with Gasteiger partial charge in [0, 0.05) is 17.1 Å². The van der Waals surface area contributed by atoms with E-state index in [1.165, 1.54) is 13.1 Å². The van der Waals surface area contributed by atoms with E-state index in [9.17, 15) is 17.6 Å². The molecule has 1 aromatic heterocycles. The van der Waals surface area contributed by atoms with E-state index in [2.05, 4.69) is 14.3 Å². The number of rotatable bonds is 4. The molecule has 10 heteroatoms. The zero-order valence-electron chi connectivity index (χ0n) is 9.99. The lowest BCUT2D eigenvalue weighted by molar-refractivity contribution is 0.0696. The van der Waals surface area contributed by atoms with Gasteiger partial charge in [0.2, 0.25) is 0 Å². The van der Waals surface area contributed by atoms with Crippen LogP contribution in [-0.2, 0) is 10.0 Å². The first-order valence-corrected chi connectivity index (χ1v) is 7.40. The second-order valence-corrected chi connectivity index (χ2v) is 6.21. The minimum absolute atomic E-state index is 0.144. The molecule has 20 heavy (non-hydrogen) atoms. The van der Waals surface area contributed by atoms with Crippen LogP contribution in [0.2, 0.25) is 0 Å². The fourth-order valence-electron chi connectivity index (χ4n) is 1.46. The maximum absolute atomic E-state index is 13.6. The molecule has 2 N–H and O–H groups in total. The summed E-state index contributed by atoms with van der Waals surface area (Å²) in [5.74, 6) is -2.33. The van der Waals surface area contributed by atoms with Gasteiger partial charge in [-0.2, -0.15) is 0 Å². The van der Waals surface area contributed by atoms with Crippen LogP contribution < -0.4 is 4.72 Å². The molecular weight excluding hydrogens is 309 g/mol. The summed E-state index contributed by atoms with van der Waals surface area (Å²) in [5, 5.41) is 12.5. The van der Waals surface area contributed by atoms with E-state index in [0.29, 0.717) is 0 Å². The SMILES string of the molecule is Cc1c(F)cc(C(=O)O)cc1S(=O)(=O)Nc1cnns1. The van der Waals surface area contributed by atoms with Gasteiger partial charge in [0.05, 0.1) is 16.7 Å². The van der Waals surface area contributed by atoms with Crippen molar-refractivity contribution in [3.8, 4) is 0 Å². The molecule has 106 valence electrons. The first kappa shape index (κ1) is 14.3. The molecule has 0 atom stereocenters. The van der Waals surface area contributed by atoms with Crippen LogP contribution in [0.3, 0.4) is 0 Å². The summed E-state index contributed by atoms with van der Waals surface area (Å²) in [4.78, 5) is 10.4. The summed E-state index contributed by atoms with van der Waals surface area (Å²) < 4.78 is 43.5. The average molecular weight is 317 g/mol. The van der Waals surface area contributed by atoms with Crippen molar-refractivity contribution in [1.29, 1.82) is 0 Å². The van der Waals surface area contributed by atoms with Gasteiger partial charge in [-0.25, -0.2) is 17.6 Å². The van der Waals surface area contributed by atoms with E-state index in [0.717, 1.165) is 23.7 Å². The number of aromatic carboxylic acids is 1. The Bertz CT molecular complexity index is 759. The number of carboxylic acid groups (broad SMARTS) is 1. The third-order valence-electron chi connectivity index (χ3n) is 2.43. The third-order valence-corrected chi connectivity index (χ3v) is 4.63. The molecule has 2 aromatic rings. The van der Waals surface area contributed by atoms with Gasteiger partial charge in [0.1, 0.15) is 10.8 Å². The minimum Gasteiger partial charge on any atom is -0.478 e. The van der Waals surface area contributed by atoms with E-state index in [-0.39, 0.29) is 10.6 Å².